The van der Waals surface area contributed by atoms with Crippen LogP contribution in [0.5, 0.6) is 0 Å². The van der Waals surface area contributed by atoms with Crippen molar-refractivity contribution >= 4 is 11.5 Å². The number of aromatic nitrogens is 2. The Labute approximate surface area is 103 Å². The molecule has 1 rings (SSSR count). The molecule has 0 radical (unpaired) electrons. The Hall–Kier alpha value is -0.480. The van der Waals surface area contributed by atoms with Gasteiger partial charge in [-0.2, -0.15) is 4.37 Å². The zero-order valence-corrected chi connectivity index (χ0v) is 11.9. The van der Waals surface area contributed by atoms with Crippen molar-refractivity contribution in [3.63, 3.8) is 0 Å². The lowest BCUT2D eigenvalue weighted by atomic mass is 9.90. The lowest BCUT2D eigenvalue weighted by Crippen LogP contribution is -2.28. The van der Waals surface area contributed by atoms with Crippen molar-refractivity contribution in [1.29, 1.82) is 0 Å². The third-order valence-corrected chi connectivity index (χ3v) is 3.50. The molecule has 0 saturated carbocycles. The molecule has 1 heterocycles. The Kier molecular flexibility index (Phi) is 4.07. The van der Waals surface area contributed by atoms with Crippen molar-refractivity contribution < 1.29 is 0 Å². The number of rotatable bonds is 3. The molecule has 0 aliphatic rings. The van der Waals surface area contributed by atoms with Crippen molar-refractivity contribution in [2.75, 3.05) is 0 Å². The molecule has 16 heavy (non-hydrogen) atoms. The van der Waals surface area contributed by atoms with Crippen LogP contribution < -0.4 is 5.73 Å². The molecule has 92 valence electrons. The molecule has 2 unspecified atom stereocenters. The molecule has 4 heteroatoms. The quantitative estimate of drug-likeness (QED) is 0.885. The topological polar surface area (TPSA) is 51.8 Å². The predicted molar refractivity (Wildman–Crippen MR) is 69.8 cm³/mol. The second kappa shape index (κ2) is 4.80. The van der Waals surface area contributed by atoms with Gasteiger partial charge in [-0.3, -0.25) is 0 Å². The van der Waals surface area contributed by atoms with E-state index in [2.05, 4.69) is 44.0 Å². The van der Waals surface area contributed by atoms with Gasteiger partial charge in [0, 0.05) is 17.4 Å². The summed E-state index contributed by atoms with van der Waals surface area (Å²) in [6, 6.07) is 0.126. The molecule has 2 atom stereocenters. The Morgan fingerprint density at radius 1 is 1.19 bits per heavy atom. The number of hydrogen-bond acceptors (Lipinski definition) is 4. The summed E-state index contributed by atoms with van der Waals surface area (Å²) in [7, 11) is 0. The maximum absolute atomic E-state index is 6.03. The van der Waals surface area contributed by atoms with E-state index in [1.807, 2.05) is 6.92 Å². The molecule has 0 amide bonds. The van der Waals surface area contributed by atoms with Gasteiger partial charge < -0.3 is 5.73 Å². The molecular weight excluding hydrogens is 218 g/mol. The third-order valence-electron chi connectivity index (χ3n) is 2.68. The largest absolute Gasteiger partial charge is 0.327 e. The molecule has 0 saturated heterocycles. The van der Waals surface area contributed by atoms with Crippen LogP contribution >= 0.6 is 11.5 Å². The van der Waals surface area contributed by atoms with E-state index >= 15 is 0 Å². The van der Waals surface area contributed by atoms with Gasteiger partial charge in [-0.15, -0.1) is 0 Å². The fraction of sp³-hybridized carbons (Fsp3) is 0.833. The van der Waals surface area contributed by atoms with Gasteiger partial charge in [-0.1, -0.05) is 34.6 Å². The molecule has 3 nitrogen and oxygen atoms in total. The highest BCUT2D eigenvalue weighted by Gasteiger charge is 2.27. The molecule has 0 spiro atoms. The average molecular weight is 241 g/mol. The molecule has 1 aromatic heterocycles. The Balaban J connectivity index is 3.00. The van der Waals surface area contributed by atoms with E-state index in [1.54, 1.807) is 0 Å². The maximum Gasteiger partial charge on any atom is 0.147 e. The fourth-order valence-electron chi connectivity index (χ4n) is 1.79. The van der Waals surface area contributed by atoms with Crippen LogP contribution in [0.4, 0.5) is 0 Å². The van der Waals surface area contributed by atoms with Crippen molar-refractivity contribution in [2.24, 2.45) is 11.7 Å². The standard InChI is InChI=1S/C12H23N3S/c1-7(2)9(8(3)13)10-14-11(15-16-10)12(4,5)6/h7-9H,13H2,1-6H3. The second-order valence-electron chi connectivity index (χ2n) is 5.84. The van der Waals surface area contributed by atoms with E-state index in [1.165, 1.54) is 11.5 Å². The van der Waals surface area contributed by atoms with Crippen molar-refractivity contribution in [2.45, 2.75) is 58.9 Å². The van der Waals surface area contributed by atoms with E-state index in [0.29, 0.717) is 11.8 Å². The molecule has 0 bridgehead atoms. The number of nitrogens with two attached hydrogens (primary N) is 1. The first-order chi connectivity index (χ1) is 7.23. The van der Waals surface area contributed by atoms with Crippen molar-refractivity contribution in [3.8, 4) is 0 Å². The number of hydrogen-bond donors (Lipinski definition) is 1. The smallest absolute Gasteiger partial charge is 0.147 e. The van der Waals surface area contributed by atoms with E-state index in [0.717, 1.165) is 10.8 Å². The van der Waals surface area contributed by atoms with E-state index in [4.69, 9.17) is 5.73 Å². The van der Waals surface area contributed by atoms with Crippen LogP contribution in [0.1, 0.15) is 58.3 Å². The van der Waals surface area contributed by atoms with Crippen LogP contribution in [-0.4, -0.2) is 15.4 Å². The van der Waals surface area contributed by atoms with Gasteiger partial charge in [0.25, 0.3) is 0 Å². The fourth-order valence-corrected chi connectivity index (χ4v) is 3.02. The minimum Gasteiger partial charge on any atom is -0.327 e. The van der Waals surface area contributed by atoms with Crippen LogP contribution in [0.2, 0.25) is 0 Å². The van der Waals surface area contributed by atoms with Crippen LogP contribution in [0.25, 0.3) is 0 Å². The molecule has 0 aromatic carbocycles. The Morgan fingerprint density at radius 2 is 1.75 bits per heavy atom. The molecule has 0 fully saturated rings. The highest BCUT2D eigenvalue weighted by molar-refractivity contribution is 7.05. The SMILES string of the molecule is CC(C)C(c1nc(C(C)(C)C)ns1)C(C)N. The molecule has 0 aliphatic heterocycles. The van der Waals surface area contributed by atoms with Crippen molar-refractivity contribution in [1.82, 2.24) is 9.36 Å². The van der Waals surface area contributed by atoms with Gasteiger partial charge in [-0.25, -0.2) is 4.98 Å². The molecule has 0 aliphatic carbocycles. The van der Waals surface area contributed by atoms with Crippen molar-refractivity contribution in [3.05, 3.63) is 10.8 Å². The monoisotopic (exact) mass is 241 g/mol. The van der Waals surface area contributed by atoms with Gasteiger partial charge in [0.05, 0.1) is 0 Å². The molecular formula is C12H23N3S. The van der Waals surface area contributed by atoms with Crippen LogP contribution in [0.3, 0.4) is 0 Å². The summed E-state index contributed by atoms with van der Waals surface area (Å²) in [5.74, 6) is 1.74. The Morgan fingerprint density at radius 3 is 2.06 bits per heavy atom. The first-order valence-corrected chi connectivity index (χ1v) is 6.60. The zero-order valence-electron chi connectivity index (χ0n) is 11.1. The highest BCUT2D eigenvalue weighted by atomic mass is 32.1. The normalized spacial score (nSPS) is 16.5. The lowest BCUT2D eigenvalue weighted by Gasteiger charge is -2.22. The van der Waals surface area contributed by atoms with Crippen LogP contribution in [0, 0.1) is 5.92 Å². The first kappa shape index (κ1) is 13.6. The highest BCUT2D eigenvalue weighted by Crippen LogP contribution is 2.30. The Bertz CT molecular complexity index is 328. The van der Waals surface area contributed by atoms with Crippen LogP contribution in [-0.2, 0) is 5.41 Å². The summed E-state index contributed by atoms with van der Waals surface area (Å²) in [4.78, 5) is 4.65. The van der Waals surface area contributed by atoms with Crippen LogP contribution in [0.15, 0.2) is 0 Å². The summed E-state index contributed by atoms with van der Waals surface area (Å²) in [6.07, 6.45) is 0. The zero-order chi connectivity index (χ0) is 12.5. The molecule has 1 aromatic rings. The summed E-state index contributed by atoms with van der Waals surface area (Å²) in [6.45, 7) is 12.8. The predicted octanol–water partition coefficient (Wildman–Crippen LogP) is 2.92. The van der Waals surface area contributed by atoms with Gasteiger partial charge in [-0.05, 0) is 24.4 Å². The van der Waals surface area contributed by atoms with Gasteiger partial charge in [0.1, 0.15) is 10.8 Å². The summed E-state index contributed by atoms with van der Waals surface area (Å²) in [5.41, 5.74) is 6.05. The average Bonchev–Trinajstić information content (AvgIpc) is 2.50. The minimum absolute atomic E-state index is 0.0219. The summed E-state index contributed by atoms with van der Waals surface area (Å²) in [5, 5.41) is 1.08. The summed E-state index contributed by atoms with van der Waals surface area (Å²) >= 11 is 1.50. The van der Waals surface area contributed by atoms with E-state index in [9.17, 15) is 0 Å². The summed E-state index contributed by atoms with van der Waals surface area (Å²) < 4.78 is 4.45. The minimum atomic E-state index is 0.0219. The second-order valence-corrected chi connectivity index (χ2v) is 6.62. The number of nitrogens with zero attached hydrogens (tertiary/aromatic N) is 2. The first-order valence-electron chi connectivity index (χ1n) is 5.83. The van der Waals surface area contributed by atoms with E-state index in [-0.39, 0.29) is 11.5 Å². The van der Waals surface area contributed by atoms with Gasteiger partial charge in [0.2, 0.25) is 0 Å². The molecule has 2 N–H and O–H groups in total. The third kappa shape index (κ3) is 3.01. The van der Waals surface area contributed by atoms with E-state index < -0.39 is 0 Å². The van der Waals surface area contributed by atoms with Gasteiger partial charge in [0.15, 0.2) is 0 Å². The maximum atomic E-state index is 6.03. The van der Waals surface area contributed by atoms with Gasteiger partial charge >= 0.3 is 0 Å². The lowest BCUT2D eigenvalue weighted by molar-refractivity contribution is 0.431.